The average molecular weight is 333 g/mol. The van der Waals surface area contributed by atoms with Crippen molar-refractivity contribution in [1.29, 1.82) is 0 Å². The van der Waals surface area contributed by atoms with Crippen LogP contribution >= 0.6 is 34.8 Å². The van der Waals surface area contributed by atoms with Crippen molar-refractivity contribution in [2.24, 2.45) is 0 Å². The molecule has 0 radical (unpaired) electrons. The lowest BCUT2D eigenvalue weighted by Gasteiger charge is -2.10. The van der Waals surface area contributed by atoms with Crippen LogP contribution in [0.1, 0.15) is 12.5 Å². The maximum absolute atomic E-state index is 6.15. The van der Waals surface area contributed by atoms with E-state index in [2.05, 4.69) is 25.6 Å². The molecular formula is C12H12Cl3N5. The molecule has 106 valence electrons. The van der Waals surface area contributed by atoms with E-state index in [1.807, 2.05) is 13.8 Å². The van der Waals surface area contributed by atoms with Crippen molar-refractivity contribution in [2.75, 3.05) is 17.2 Å². The van der Waals surface area contributed by atoms with Crippen molar-refractivity contribution in [3.63, 3.8) is 0 Å². The van der Waals surface area contributed by atoms with Gasteiger partial charge < -0.3 is 10.6 Å². The van der Waals surface area contributed by atoms with Gasteiger partial charge in [0.25, 0.3) is 0 Å². The second-order valence-electron chi connectivity index (χ2n) is 3.99. The maximum atomic E-state index is 6.15. The number of aryl methyl sites for hydroxylation is 1. The van der Waals surface area contributed by atoms with Crippen molar-refractivity contribution < 1.29 is 0 Å². The summed E-state index contributed by atoms with van der Waals surface area (Å²) in [5.41, 5.74) is 1.50. The zero-order valence-electron chi connectivity index (χ0n) is 10.8. The van der Waals surface area contributed by atoms with Crippen molar-refractivity contribution in [1.82, 2.24) is 15.0 Å². The third-order valence-electron chi connectivity index (χ3n) is 2.44. The SMILES string of the molecule is CCNc1nc(Cl)nc(Nc2cc(Cl)c(C)cc2Cl)n1. The molecule has 20 heavy (non-hydrogen) atoms. The van der Waals surface area contributed by atoms with E-state index in [0.717, 1.165) is 5.56 Å². The molecule has 0 atom stereocenters. The van der Waals surface area contributed by atoms with Gasteiger partial charge in [-0.15, -0.1) is 0 Å². The lowest BCUT2D eigenvalue weighted by molar-refractivity contribution is 1.02. The van der Waals surface area contributed by atoms with Gasteiger partial charge in [-0.25, -0.2) is 0 Å². The van der Waals surface area contributed by atoms with E-state index in [0.29, 0.717) is 34.2 Å². The van der Waals surface area contributed by atoms with Crippen LogP contribution in [-0.4, -0.2) is 21.5 Å². The van der Waals surface area contributed by atoms with Gasteiger partial charge in [0, 0.05) is 11.6 Å². The topological polar surface area (TPSA) is 62.7 Å². The van der Waals surface area contributed by atoms with E-state index < -0.39 is 0 Å². The van der Waals surface area contributed by atoms with Gasteiger partial charge in [0.2, 0.25) is 17.2 Å². The molecule has 0 aliphatic carbocycles. The molecule has 0 saturated heterocycles. The number of hydrogen-bond donors (Lipinski definition) is 2. The molecule has 0 amide bonds. The van der Waals surface area contributed by atoms with Gasteiger partial charge in [-0.2, -0.15) is 15.0 Å². The number of benzene rings is 1. The molecule has 0 aliphatic rings. The monoisotopic (exact) mass is 331 g/mol. The molecule has 1 heterocycles. The second-order valence-corrected chi connectivity index (χ2v) is 5.14. The van der Waals surface area contributed by atoms with Gasteiger partial charge in [-0.05, 0) is 43.1 Å². The first-order valence-corrected chi connectivity index (χ1v) is 7.01. The summed E-state index contributed by atoms with van der Waals surface area (Å²) in [6.07, 6.45) is 0. The van der Waals surface area contributed by atoms with Crippen molar-refractivity contribution >= 4 is 52.4 Å². The molecule has 5 nitrogen and oxygen atoms in total. The Labute approximate surface area is 131 Å². The van der Waals surface area contributed by atoms with Gasteiger partial charge in [-0.3, -0.25) is 0 Å². The highest BCUT2D eigenvalue weighted by Crippen LogP contribution is 2.30. The first-order chi connectivity index (χ1) is 9.49. The summed E-state index contributed by atoms with van der Waals surface area (Å²) < 4.78 is 0. The number of hydrogen-bond acceptors (Lipinski definition) is 5. The molecule has 0 unspecified atom stereocenters. The number of aromatic nitrogens is 3. The largest absolute Gasteiger partial charge is 0.354 e. The van der Waals surface area contributed by atoms with Crippen LogP contribution in [0.4, 0.5) is 17.6 Å². The van der Waals surface area contributed by atoms with E-state index in [1.165, 1.54) is 0 Å². The molecule has 0 bridgehead atoms. The number of nitrogens with one attached hydrogen (secondary N) is 2. The summed E-state index contributed by atoms with van der Waals surface area (Å²) in [5.74, 6) is 0.687. The highest BCUT2D eigenvalue weighted by Gasteiger charge is 2.09. The summed E-state index contributed by atoms with van der Waals surface area (Å²) >= 11 is 18.1. The second kappa shape index (κ2) is 6.43. The quantitative estimate of drug-likeness (QED) is 0.873. The molecule has 8 heteroatoms. The maximum Gasteiger partial charge on any atom is 0.233 e. The molecule has 0 saturated carbocycles. The number of nitrogens with zero attached hydrogens (tertiary/aromatic N) is 3. The van der Waals surface area contributed by atoms with Crippen LogP contribution in [0.3, 0.4) is 0 Å². The predicted molar refractivity (Wildman–Crippen MR) is 83.5 cm³/mol. The van der Waals surface area contributed by atoms with E-state index >= 15 is 0 Å². The van der Waals surface area contributed by atoms with Crippen LogP contribution in [-0.2, 0) is 0 Å². The first kappa shape index (κ1) is 15.1. The third-order valence-corrected chi connectivity index (χ3v) is 3.33. The van der Waals surface area contributed by atoms with Gasteiger partial charge in [0.05, 0.1) is 10.7 Å². The van der Waals surface area contributed by atoms with Gasteiger partial charge in [-0.1, -0.05) is 23.2 Å². The smallest absolute Gasteiger partial charge is 0.233 e. The number of halogens is 3. The van der Waals surface area contributed by atoms with Crippen LogP contribution in [0.2, 0.25) is 15.3 Å². The Morgan fingerprint density at radius 3 is 2.40 bits per heavy atom. The highest BCUT2D eigenvalue weighted by atomic mass is 35.5. The normalized spacial score (nSPS) is 10.4. The first-order valence-electron chi connectivity index (χ1n) is 5.87. The van der Waals surface area contributed by atoms with E-state index in [9.17, 15) is 0 Å². The van der Waals surface area contributed by atoms with Crippen LogP contribution < -0.4 is 10.6 Å². The minimum Gasteiger partial charge on any atom is -0.354 e. The van der Waals surface area contributed by atoms with Crippen LogP contribution in [0.5, 0.6) is 0 Å². The Morgan fingerprint density at radius 1 is 1.00 bits per heavy atom. The molecule has 0 spiro atoms. The molecule has 2 rings (SSSR count). The van der Waals surface area contributed by atoms with E-state index in [-0.39, 0.29) is 5.28 Å². The van der Waals surface area contributed by atoms with E-state index in [1.54, 1.807) is 12.1 Å². The molecular weight excluding hydrogens is 321 g/mol. The van der Waals surface area contributed by atoms with E-state index in [4.69, 9.17) is 34.8 Å². The summed E-state index contributed by atoms with van der Waals surface area (Å²) in [6, 6.07) is 3.48. The standard InChI is InChI=1S/C12H12Cl3N5/c1-3-16-11-18-10(15)19-12(20-11)17-9-5-7(13)6(2)4-8(9)14/h4-5H,3H2,1-2H3,(H2,16,17,18,19,20). The molecule has 2 aromatic rings. The Balaban J connectivity index is 2.32. The zero-order chi connectivity index (χ0) is 14.7. The Kier molecular flexibility index (Phi) is 4.86. The van der Waals surface area contributed by atoms with Crippen LogP contribution in [0.15, 0.2) is 12.1 Å². The van der Waals surface area contributed by atoms with Gasteiger partial charge in [0.1, 0.15) is 0 Å². The van der Waals surface area contributed by atoms with Gasteiger partial charge in [0.15, 0.2) is 0 Å². The van der Waals surface area contributed by atoms with Crippen molar-refractivity contribution in [3.05, 3.63) is 33.0 Å². The summed E-state index contributed by atoms with van der Waals surface area (Å²) in [6.45, 7) is 4.49. The molecule has 0 aliphatic heterocycles. The Bertz CT molecular complexity index is 633. The molecule has 1 aromatic heterocycles. The van der Waals surface area contributed by atoms with Crippen molar-refractivity contribution in [3.8, 4) is 0 Å². The fourth-order valence-corrected chi connectivity index (χ4v) is 2.09. The fourth-order valence-electron chi connectivity index (χ4n) is 1.51. The zero-order valence-corrected chi connectivity index (χ0v) is 13.1. The minimum atomic E-state index is 0.0905. The van der Waals surface area contributed by atoms with Crippen LogP contribution in [0, 0.1) is 6.92 Å². The van der Waals surface area contributed by atoms with Crippen molar-refractivity contribution in [2.45, 2.75) is 13.8 Å². The number of anilines is 3. The lowest BCUT2D eigenvalue weighted by Crippen LogP contribution is -2.06. The third kappa shape index (κ3) is 3.62. The molecule has 1 aromatic carbocycles. The predicted octanol–water partition coefficient (Wildman–Crippen LogP) is 4.32. The summed E-state index contributed by atoms with van der Waals surface area (Å²) in [7, 11) is 0. The summed E-state index contributed by atoms with van der Waals surface area (Å²) in [5, 5.41) is 7.15. The molecule has 0 fully saturated rings. The highest BCUT2D eigenvalue weighted by molar-refractivity contribution is 6.35. The summed E-state index contributed by atoms with van der Waals surface area (Å²) in [4.78, 5) is 12.1. The molecule has 2 N–H and O–H groups in total. The minimum absolute atomic E-state index is 0.0905. The Morgan fingerprint density at radius 2 is 1.70 bits per heavy atom. The fraction of sp³-hybridized carbons (Fsp3) is 0.250. The average Bonchev–Trinajstić information content (AvgIpc) is 2.35. The Hall–Kier alpha value is -1.30. The lowest BCUT2D eigenvalue weighted by atomic mass is 10.2. The van der Waals surface area contributed by atoms with Gasteiger partial charge >= 0.3 is 0 Å². The van der Waals surface area contributed by atoms with Crippen LogP contribution in [0.25, 0.3) is 0 Å². The number of rotatable bonds is 4.